The van der Waals surface area contributed by atoms with Crippen LogP contribution in [0.25, 0.3) is 0 Å². The van der Waals surface area contributed by atoms with E-state index < -0.39 is 0 Å². The van der Waals surface area contributed by atoms with Crippen molar-refractivity contribution in [3.63, 3.8) is 0 Å². The summed E-state index contributed by atoms with van der Waals surface area (Å²) >= 11 is 3.41. The quantitative estimate of drug-likeness (QED) is 0.840. The number of hydrogen-bond acceptors (Lipinski definition) is 1. The lowest BCUT2D eigenvalue weighted by Crippen LogP contribution is -2.33. The van der Waals surface area contributed by atoms with Gasteiger partial charge in [0.25, 0.3) is 0 Å². The van der Waals surface area contributed by atoms with Crippen LogP contribution >= 0.6 is 15.9 Å². The van der Waals surface area contributed by atoms with E-state index in [0.717, 1.165) is 35.7 Å². The topological polar surface area (TPSA) is 23.6 Å². The minimum Gasteiger partial charge on any atom is -0.322 e. The lowest BCUT2D eigenvalue weighted by atomic mass is 10.3. The van der Waals surface area contributed by atoms with E-state index in [-0.39, 0.29) is 6.03 Å². The number of amides is 2. The first-order chi connectivity index (χ1) is 8.24. The van der Waals surface area contributed by atoms with Gasteiger partial charge < -0.3 is 4.90 Å². The number of nitrogens with zero attached hydrogens (tertiary/aromatic N) is 2. The van der Waals surface area contributed by atoms with Crippen molar-refractivity contribution in [1.29, 1.82) is 0 Å². The maximum absolute atomic E-state index is 12.2. The van der Waals surface area contributed by atoms with Crippen molar-refractivity contribution in [3.05, 3.63) is 28.7 Å². The van der Waals surface area contributed by atoms with Crippen molar-refractivity contribution in [2.45, 2.75) is 12.8 Å². The highest BCUT2D eigenvalue weighted by atomic mass is 79.9. The number of carbonyl (C=O) groups is 1. The molecule has 1 saturated heterocycles. The Morgan fingerprint density at radius 1 is 1.18 bits per heavy atom. The summed E-state index contributed by atoms with van der Waals surface area (Å²) in [5.74, 6) is 0.767. The molecule has 3 nitrogen and oxygen atoms in total. The van der Waals surface area contributed by atoms with Gasteiger partial charge in [-0.05, 0) is 43.0 Å². The largest absolute Gasteiger partial charge is 0.324 e. The van der Waals surface area contributed by atoms with Gasteiger partial charge in [0.05, 0.1) is 0 Å². The SMILES string of the molecule is O=C1N(CC2CC2)CCN1c1ccc(Br)cc1. The van der Waals surface area contributed by atoms with Gasteiger partial charge in [0.15, 0.2) is 0 Å². The summed E-state index contributed by atoms with van der Waals surface area (Å²) in [4.78, 5) is 16.0. The highest BCUT2D eigenvalue weighted by Crippen LogP contribution is 2.31. The smallest absolute Gasteiger partial charge is 0.322 e. The third kappa shape index (κ3) is 2.32. The Balaban J connectivity index is 1.72. The molecule has 0 atom stereocenters. The van der Waals surface area contributed by atoms with E-state index in [9.17, 15) is 4.79 Å². The molecule has 0 bridgehead atoms. The van der Waals surface area contributed by atoms with E-state index in [0.29, 0.717) is 0 Å². The fraction of sp³-hybridized carbons (Fsp3) is 0.462. The fourth-order valence-corrected chi connectivity index (χ4v) is 2.49. The van der Waals surface area contributed by atoms with Crippen LogP contribution in [-0.2, 0) is 0 Å². The average Bonchev–Trinajstić information content (AvgIpc) is 3.07. The van der Waals surface area contributed by atoms with Crippen molar-refractivity contribution in [1.82, 2.24) is 4.90 Å². The molecule has 2 amide bonds. The summed E-state index contributed by atoms with van der Waals surface area (Å²) in [5, 5.41) is 0. The van der Waals surface area contributed by atoms with E-state index in [1.54, 1.807) is 0 Å². The normalized spacial score (nSPS) is 20.2. The molecule has 4 heteroatoms. The molecule has 0 N–H and O–H groups in total. The van der Waals surface area contributed by atoms with Crippen LogP contribution in [0.15, 0.2) is 28.7 Å². The second-order valence-corrected chi connectivity index (χ2v) is 5.72. The van der Waals surface area contributed by atoms with Crippen LogP contribution in [0, 0.1) is 5.92 Å². The Labute approximate surface area is 110 Å². The van der Waals surface area contributed by atoms with Crippen LogP contribution in [-0.4, -0.2) is 30.6 Å². The van der Waals surface area contributed by atoms with Crippen LogP contribution in [0.2, 0.25) is 0 Å². The molecular formula is C13H15BrN2O. The zero-order valence-electron chi connectivity index (χ0n) is 9.60. The van der Waals surface area contributed by atoms with Gasteiger partial charge in [-0.25, -0.2) is 4.79 Å². The number of halogens is 1. The molecule has 1 aromatic carbocycles. The lowest BCUT2D eigenvalue weighted by molar-refractivity contribution is 0.218. The third-order valence-electron chi connectivity index (χ3n) is 3.41. The first-order valence-electron chi connectivity index (χ1n) is 6.06. The monoisotopic (exact) mass is 294 g/mol. The molecule has 17 heavy (non-hydrogen) atoms. The Bertz CT molecular complexity index is 428. The summed E-state index contributed by atoms with van der Waals surface area (Å²) in [6.45, 7) is 2.63. The summed E-state index contributed by atoms with van der Waals surface area (Å²) < 4.78 is 1.04. The number of urea groups is 1. The van der Waals surface area contributed by atoms with Gasteiger partial charge in [-0.3, -0.25) is 4.90 Å². The van der Waals surface area contributed by atoms with Crippen LogP contribution in [0.5, 0.6) is 0 Å². The second-order valence-electron chi connectivity index (χ2n) is 4.80. The number of carbonyl (C=O) groups excluding carboxylic acids is 1. The second kappa shape index (κ2) is 4.33. The molecular weight excluding hydrogens is 280 g/mol. The minimum atomic E-state index is 0.166. The van der Waals surface area contributed by atoms with Gasteiger partial charge in [-0.2, -0.15) is 0 Å². The molecule has 1 saturated carbocycles. The van der Waals surface area contributed by atoms with Crippen LogP contribution in [0.3, 0.4) is 0 Å². The van der Waals surface area contributed by atoms with Gasteiger partial charge in [0.1, 0.15) is 0 Å². The molecule has 0 spiro atoms. The minimum absolute atomic E-state index is 0.166. The number of rotatable bonds is 3. The van der Waals surface area contributed by atoms with Gasteiger partial charge in [-0.1, -0.05) is 15.9 Å². The Hall–Kier alpha value is -1.03. The molecule has 1 heterocycles. The van der Waals surface area contributed by atoms with E-state index in [2.05, 4.69) is 15.9 Å². The summed E-state index contributed by atoms with van der Waals surface area (Å²) in [5.41, 5.74) is 0.997. The van der Waals surface area contributed by atoms with Gasteiger partial charge in [-0.15, -0.1) is 0 Å². The Kier molecular flexibility index (Phi) is 2.82. The van der Waals surface area contributed by atoms with Gasteiger partial charge in [0.2, 0.25) is 0 Å². The van der Waals surface area contributed by atoms with E-state index in [4.69, 9.17) is 0 Å². The number of hydrogen-bond donors (Lipinski definition) is 0. The van der Waals surface area contributed by atoms with Crippen molar-refractivity contribution >= 4 is 27.6 Å². The fourth-order valence-electron chi connectivity index (χ4n) is 2.22. The van der Waals surface area contributed by atoms with E-state index in [1.807, 2.05) is 34.1 Å². The van der Waals surface area contributed by atoms with Gasteiger partial charge >= 0.3 is 6.03 Å². The lowest BCUT2D eigenvalue weighted by Gasteiger charge is -2.18. The molecule has 0 aromatic heterocycles. The zero-order valence-corrected chi connectivity index (χ0v) is 11.2. The standard InChI is InChI=1S/C13H15BrN2O/c14-11-3-5-12(6-4-11)16-8-7-15(13(16)17)9-10-1-2-10/h3-6,10H,1-2,7-9H2. The van der Waals surface area contributed by atoms with Crippen molar-refractivity contribution in [2.75, 3.05) is 24.5 Å². The Morgan fingerprint density at radius 2 is 1.88 bits per heavy atom. The molecule has 2 fully saturated rings. The first-order valence-corrected chi connectivity index (χ1v) is 6.85. The molecule has 90 valence electrons. The average molecular weight is 295 g/mol. The number of anilines is 1. The maximum atomic E-state index is 12.2. The molecule has 0 radical (unpaired) electrons. The molecule has 1 aliphatic heterocycles. The van der Waals surface area contributed by atoms with Crippen molar-refractivity contribution in [2.24, 2.45) is 5.92 Å². The van der Waals surface area contributed by atoms with Crippen molar-refractivity contribution in [3.8, 4) is 0 Å². The summed E-state index contributed by atoms with van der Waals surface area (Å²) in [6.07, 6.45) is 2.59. The van der Waals surface area contributed by atoms with Crippen LogP contribution in [0.4, 0.5) is 10.5 Å². The van der Waals surface area contributed by atoms with Crippen LogP contribution in [0.1, 0.15) is 12.8 Å². The Morgan fingerprint density at radius 3 is 2.53 bits per heavy atom. The summed E-state index contributed by atoms with van der Waals surface area (Å²) in [6, 6.07) is 8.10. The molecule has 3 rings (SSSR count). The van der Waals surface area contributed by atoms with E-state index >= 15 is 0 Å². The molecule has 0 unspecified atom stereocenters. The summed E-state index contributed by atoms with van der Waals surface area (Å²) in [7, 11) is 0. The highest BCUT2D eigenvalue weighted by molar-refractivity contribution is 9.10. The number of benzene rings is 1. The predicted molar refractivity (Wildman–Crippen MR) is 71.2 cm³/mol. The third-order valence-corrected chi connectivity index (χ3v) is 3.94. The molecule has 2 aliphatic rings. The maximum Gasteiger partial charge on any atom is 0.324 e. The van der Waals surface area contributed by atoms with Crippen LogP contribution < -0.4 is 4.90 Å². The molecule has 1 aromatic rings. The first kappa shape index (κ1) is 11.1. The van der Waals surface area contributed by atoms with Gasteiger partial charge in [0, 0.05) is 29.8 Å². The highest BCUT2D eigenvalue weighted by Gasteiger charge is 2.33. The van der Waals surface area contributed by atoms with E-state index in [1.165, 1.54) is 12.8 Å². The predicted octanol–water partition coefficient (Wildman–Crippen LogP) is 3.10. The zero-order chi connectivity index (χ0) is 11.8. The van der Waals surface area contributed by atoms with Crippen molar-refractivity contribution < 1.29 is 4.79 Å². The molecule has 1 aliphatic carbocycles.